The fourth-order valence-corrected chi connectivity index (χ4v) is 2.56. The van der Waals surface area contributed by atoms with E-state index < -0.39 is 0 Å². The third-order valence-electron chi connectivity index (χ3n) is 3.49. The molecule has 2 N–H and O–H groups in total. The lowest BCUT2D eigenvalue weighted by atomic mass is 9.90. The van der Waals surface area contributed by atoms with E-state index in [-0.39, 0.29) is 11.6 Å². The predicted molar refractivity (Wildman–Crippen MR) is 75.7 cm³/mol. The lowest BCUT2D eigenvalue weighted by Crippen LogP contribution is -2.55. The molecule has 0 aromatic rings. The Balaban J connectivity index is 2.54. The topological polar surface area (TPSA) is 44.4 Å². The first-order valence-electron chi connectivity index (χ1n) is 7.17. The van der Waals surface area contributed by atoms with Crippen LogP contribution in [0, 0.1) is 5.92 Å². The molecule has 0 spiro atoms. The molecule has 4 nitrogen and oxygen atoms in total. The molecular weight excluding hydrogens is 226 g/mol. The van der Waals surface area contributed by atoms with Crippen LogP contribution in [0.5, 0.6) is 0 Å². The fourth-order valence-electron chi connectivity index (χ4n) is 2.56. The van der Waals surface area contributed by atoms with Crippen LogP contribution in [0.25, 0.3) is 0 Å². The van der Waals surface area contributed by atoms with Gasteiger partial charge in [0, 0.05) is 24.7 Å². The number of nitrogens with one attached hydrogen (secondary N) is 2. The van der Waals surface area contributed by atoms with Crippen molar-refractivity contribution in [3.05, 3.63) is 0 Å². The van der Waals surface area contributed by atoms with Crippen LogP contribution in [0.1, 0.15) is 47.5 Å². The van der Waals surface area contributed by atoms with Crippen molar-refractivity contribution in [1.82, 2.24) is 15.5 Å². The maximum absolute atomic E-state index is 12.1. The summed E-state index contributed by atoms with van der Waals surface area (Å²) in [5.41, 5.74) is -0.155. The highest BCUT2D eigenvalue weighted by Gasteiger charge is 2.30. The molecular formula is C14H29N3O. The minimum atomic E-state index is -0.155. The number of carbonyl (C=O) groups is 1. The monoisotopic (exact) mass is 255 g/mol. The zero-order valence-corrected chi connectivity index (χ0v) is 12.5. The Morgan fingerprint density at radius 3 is 2.50 bits per heavy atom. The Bertz CT molecular complexity index is 273. The summed E-state index contributed by atoms with van der Waals surface area (Å²) < 4.78 is 0. The standard InChI is InChI=1S/C14H29N3O/c1-6-11-10-17(9-8-12(11)15-7-2)13(18)16-14(3,4)5/h11-12,15H,6-10H2,1-5H3,(H,16,18). The highest BCUT2D eigenvalue weighted by Crippen LogP contribution is 2.20. The molecule has 4 heteroatoms. The molecule has 106 valence electrons. The average molecular weight is 255 g/mol. The second-order valence-corrected chi connectivity index (χ2v) is 6.25. The van der Waals surface area contributed by atoms with Crippen LogP contribution in [-0.2, 0) is 0 Å². The first kappa shape index (κ1) is 15.3. The van der Waals surface area contributed by atoms with Gasteiger partial charge in [-0.1, -0.05) is 20.3 Å². The van der Waals surface area contributed by atoms with E-state index >= 15 is 0 Å². The highest BCUT2D eigenvalue weighted by molar-refractivity contribution is 5.75. The Morgan fingerprint density at radius 2 is 2.00 bits per heavy atom. The summed E-state index contributed by atoms with van der Waals surface area (Å²) in [6.07, 6.45) is 2.18. The molecule has 18 heavy (non-hydrogen) atoms. The minimum absolute atomic E-state index is 0.0795. The molecule has 2 atom stereocenters. The molecule has 0 saturated carbocycles. The molecule has 2 unspecified atom stereocenters. The number of likely N-dealkylation sites (tertiary alicyclic amines) is 1. The van der Waals surface area contributed by atoms with Crippen LogP contribution in [-0.4, -0.2) is 42.1 Å². The average Bonchev–Trinajstić information content (AvgIpc) is 2.27. The fraction of sp³-hybridized carbons (Fsp3) is 0.929. The number of hydrogen-bond acceptors (Lipinski definition) is 2. The van der Waals surface area contributed by atoms with Crippen LogP contribution in [0.15, 0.2) is 0 Å². The summed E-state index contributed by atoms with van der Waals surface area (Å²) in [5, 5.41) is 6.58. The number of rotatable bonds is 3. The van der Waals surface area contributed by atoms with E-state index in [9.17, 15) is 4.79 Å². The van der Waals surface area contributed by atoms with Crippen molar-refractivity contribution < 1.29 is 4.79 Å². The smallest absolute Gasteiger partial charge is 0.317 e. The molecule has 1 heterocycles. The van der Waals surface area contributed by atoms with Gasteiger partial charge in [-0.15, -0.1) is 0 Å². The minimum Gasteiger partial charge on any atom is -0.333 e. The van der Waals surface area contributed by atoms with Gasteiger partial charge in [-0.25, -0.2) is 4.79 Å². The van der Waals surface area contributed by atoms with Gasteiger partial charge in [-0.3, -0.25) is 0 Å². The summed E-state index contributed by atoms with van der Waals surface area (Å²) in [7, 11) is 0. The number of piperidine rings is 1. The third-order valence-corrected chi connectivity index (χ3v) is 3.49. The van der Waals surface area contributed by atoms with E-state index in [1.54, 1.807) is 0 Å². The first-order valence-corrected chi connectivity index (χ1v) is 7.17. The van der Waals surface area contributed by atoms with Crippen molar-refractivity contribution in [2.24, 2.45) is 5.92 Å². The summed E-state index contributed by atoms with van der Waals surface area (Å²) in [5.74, 6) is 0.574. The molecule has 0 aliphatic carbocycles. The van der Waals surface area contributed by atoms with Crippen molar-refractivity contribution in [3.8, 4) is 0 Å². The Labute approximate surface area is 111 Å². The van der Waals surface area contributed by atoms with E-state index in [1.807, 2.05) is 25.7 Å². The summed E-state index contributed by atoms with van der Waals surface area (Å²) in [4.78, 5) is 14.1. The Morgan fingerprint density at radius 1 is 1.33 bits per heavy atom. The van der Waals surface area contributed by atoms with Gasteiger partial charge in [-0.2, -0.15) is 0 Å². The highest BCUT2D eigenvalue weighted by atomic mass is 16.2. The maximum atomic E-state index is 12.1. The van der Waals surface area contributed by atoms with Gasteiger partial charge < -0.3 is 15.5 Å². The molecule has 1 aliphatic heterocycles. The first-order chi connectivity index (χ1) is 8.37. The second-order valence-electron chi connectivity index (χ2n) is 6.25. The third kappa shape index (κ3) is 4.48. The van der Waals surface area contributed by atoms with Crippen molar-refractivity contribution in [2.45, 2.75) is 59.0 Å². The zero-order chi connectivity index (χ0) is 13.8. The summed E-state index contributed by atoms with van der Waals surface area (Å²) in [6, 6.07) is 0.648. The van der Waals surface area contributed by atoms with Crippen molar-refractivity contribution in [2.75, 3.05) is 19.6 Å². The molecule has 1 aliphatic rings. The van der Waals surface area contributed by atoms with E-state index in [4.69, 9.17) is 0 Å². The lowest BCUT2D eigenvalue weighted by molar-refractivity contribution is 0.137. The molecule has 0 radical (unpaired) electrons. The van der Waals surface area contributed by atoms with Crippen LogP contribution < -0.4 is 10.6 Å². The van der Waals surface area contributed by atoms with Crippen LogP contribution in [0.2, 0.25) is 0 Å². The van der Waals surface area contributed by atoms with Gasteiger partial charge in [0.15, 0.2) is 0 Å². The van der Waals surface area contributed by atoms with Gasteiger partial charge in [0.2, 0.25) is 0 Å². The Kier molecular flexibility index (Phi) is 5.45. The van der Waals surface area contributed by atoms with E-state index in [2.05, 4.69) is 24.5 Å². The molecule has 0 aromatic heterocycles. The van der Waals surface area contributed by atoms with Gasteiger partial charge in [0.25, 0.3) is 0 Å². The molecule has 1 saturated heterocycles. The normalized spacial score (nSPS) is 25.1. The van der Waals surface area contributed by atoms with Crippen LogP contribution >= 0.6 is 0 Å². The van der Waals surface area contributed by atoms with Crippen molar-refractivity contribution >= 4 is 6.03 Å². The summed E-state index contributed by atoms with van der Waals surface area (Å²) >= 11 is 0. The predicted octanol–water partition coefficient (Wildman–Crippen LogP) is 2.20. The quantitative estimate of drug-likeness (QED) is 0.812. The van der Waals surface area contributed by atoms with Gasteiger partial charge in [-0.05, 0) is 39.7 Å². The number of amides is 2. The molecule has 1 fully saturated rings. The van der Waals surface area contributed by atoms with E-state index in [0.29, 0.717) is 12.0 Å². The SMILES string of the molecule is CCNC1CCN(C(=O)NC(C)(C)C)CC1CC. The van der Waals surface area contributed by atoms with Crippen LogP contribution in [0.4, 0.5) is 4.79 Å². The van der Waals surface area contributed by atoms with Gasteiger partial charge >= 0.3 is 6.03 Å². The van der Waals surface area contributed by atoms with Crippen molar-refractivity contribution in [3.63, 3.8) is 0 Å². The molecule has 0 bridgehead atoms. The van der Waals surface area contributed by atoms with Gasteiger partial charge in [0.05, 0.1) is 0 Å². The van der Waals surface area contributed by atoms with E-state index in [1.165, 1.54) is 0 Å². The number of urea groups is 1. The van der Waals surface area contributed by atoms with Gasteiger partial charge in [0.1, 0.15) is 0 Å². The second kappa shape index (κ2) is 6.41. The Hall–Kier alpha value is -0.770. The van der Waals surface area contributed by atoms with E-state index in [0.717, 1.165) is 32.5 Å². The molecule has 0 aromatic carbocycles. The van der Waals surface area contributed by atoms with Crippen molar-refractivity contribution in [1.29, 1.82) is 0 Å². The zero-order valence-electron chi connectivity index (χ0n) is 12.5. The molecule has 1 rings (SSSR count). The largest absolute Gasteiger partial charge is 0.333 e. The summed E-state index contributed by atoms with van der Waals surface area (Å²) in [6.45, 7) is 13.2. The number of carbonyl (C=O) groups excluding carboxylic acids is 1. The number of nitrogens with zero attached hydrogens (tertiary/aromatic N) is 1. The van der Waals surface area contributed by atoms with Crippen LogP contribution in [0.3, 0.4) is 0 Å². The maximum Gasteiger partial charge on any atom is 0.317 e. The number of hydrogen-bond donors (Lipinski definition) is 2. The lowest BCUT2D eigenvalue weighted by Gasteiger charge is -2.39. The molecule has 2 amide bonds.